The molecule has 30 heavy (non-hydrogen) atoms. The summed E-state index contributed by atoms with van der Waals surface area (Å²) in [6.45, 7) is 0. The summed E-state index contributed by atoms with van der Waals surface area (Å²) in [6.07, 6.45) is 2.39. The number of rotatable bonds is 6. The van der Waals surface area contributed by atoms with Crippen LogP contribution in [-0.4, -0.2) is 34.6 Å². The van der Waals surface area contributed by atoms with E-state index in [1.807, 2.05) is 0 Å². The molecule has 0 aliphatic rings. The monoisotopic (exact) mass is 404 g/mol. The van der Waals surface area contributed by atoms with Gasteiger partial charge in [0.15, 0.2) is 0 Å². The third-order valence-corrected chi connectivity index (χ3v) is 3.86. The predicted octanol–water partition coefficient (Wildman–Crippen LogP) is 3.48. The van der Waals surface area contributed by atoms with Crippen molar-refractivity contribution < 1.29 is 29.5 Å². The van der Waals surface area contributed by atoms with E-state index in [-0.39, 0.29) is 22.6 Å². The van der Waals surface area contributed by atoms with Gasteiger partial charge in [-0.2, -0.15) is 0 Å². The second-order valence-electron chi connectivity index (χ2n) is 5.92. The van der Waals surface area contributed by atoms with Crippen molar-refractivity contribution >= 4 is 24.4 Å². The Kier molecular flexibility index (Phi) is 6.52. The normalized spacial score (nSPS) is 10.9. The van der Waals surface area contributed by atoms with Crippen LogP contribution >= 0.6 is 0 Å². The van der Waals surface area contributed by atoms with Crippen LogP contribution in [0.15, 0.2) is 83.1 Å². The first-order valence-electron chi connectivity index (χ1n) is 8.70. The molecule has 0 heterocycles. The summed E-state index contributed by atoms with van der Waals surface area (Å²) in [7, 11) is 0. The molecule has 0 saturated heterocycles. The topological polar surface area (TPSA) is 118 Å². The molecule has 0 amide bonds. The number of aromatic hydroxyl groups is 2. The molecule has 0 spiro atoms. The van der Waals surface area contributed by atoms with Crippen molar-refractivity contribution in [3.8, 4) is 11.5 Å². The molecule has 3 aromatic carbocycles. The number of hydrogen-bond acceptors (Lipinski definition) is 8. The number of carbonyl (C=O) groups is 2. The van der Waals surface area contributed by atoms with E-state index in [1.165, 1.54) is 48.8 Å². The number of oxime groups is 2. The molecule has 0 fully saturated rings. The van der Waals surface area contributed by atoms with Crippen molar-refractivity contribution in [3.05, 3.63) is 95.1 Å². The molecule has 0 unspecified atom stereocenters. The van der Waals surface area contributed by atoms with Gasteiger partial charge >= 0.3 is 11.9 Å². The highest BCUT2D eigenvalue weighted by Gasteiger charge is 2.13. The molecule has 0 aliphatic heterocycles. The Labute approximate surface area is 171 Å². The maximum atomic E-state index is 12.1. The molecule has 0 saturated carbocycles. The predicted molar refractivity (Wildman–Crippen MR) is 109 cm³/mol. The fraction of sp³-hybridized carbons (Fsp3) is 0. The zero-order valence-corrected chi connectivity index (χ0v) is 15.5. The summed E-state index contributed by atoms with van der Waals surface area (Å²) < 4.78 is 0. The van der Waals surface area contributed by atoms with E-state index < -0.39 is 11.9 Å². The van der Waals surface area contributed by atoms with Gasteiger partial charge in [0.05, 0.1) is 23.6 Å². The van der Waals surface area contributed by atoms with E-state index in [2.05, 4.69) is 10.3 Å². The Hall–Kier alpha value is -4.46. The van der Waals surface area contributed by atoms with Gasteiger partial charge in [-0.15, -0.1) is 0 Å². The number of para-hydroxylation sites is 2. The number of nitrogens with zero attached hydrogens (tertiary/aromatic N) is 2. The molecule has 2 N–H and O–H groups in total. The van der Waals surface area contributed by atoms with E-state index >= 15 is 0 Å². The van der Waals surface area contributed by atoms with Crippen molar-refractivity contribution in [1.29, 1.82) is 0 Å². The second-order valence-corrected chi connectivity index (χ2v) is 5.92. The van der Waals surface area contributed by atoms with Gasteiger partial charge in [-0.05, 0) is 42.5 Å². The summed E-state index contributed by atoms with van der Waals surface area (Å²) in [5, 5.41) is 26.4. The smallest absolute Gasteiger partial charge is 0.365 e. The van der Waals surface area contributed by atoms with Crippen LogP contribution in [0, 0.1) is 0 Å². The number of phenols is 2. The molecule has 0 bridgehead atoms. The Morgan fingerprint density at radius 3 is 1.53 bits per heavy atom. The molecular weight excluding hydrogens is 388 g/mol. The van der Waals surface area contributed by atoms with Gasteiger partial charge in [-0.1, -0.05) is 40.6 Å². The van der Waals surface area contributed by atoms with Crippen LogP contribution in [-0.2, 0) is 9.68 Å². The Morgan fingerprint density at radius 1 is 0.667 bits per heavy atom. The average Bonchev–Trinajstić information content (AvgIpc) is 2.76. The van der Waals surface area contributed by atoms with Gasteiger partial charge in [-0.25, -0.2) is 9.59 Å². The van der Waals surface area contributed by atoms with E-state index in [0.717, 1.165) is 0 Å². The van der Waals surface area contributed by atoms with Crippen LogP contribution in [0.1, 0.15) is 31.8 Å². The van der Waals surface area contributed by atoms with E-state index in [9.17, 15) is 19.8 Å². The second kappa shape index (κ2) is 9.65. The molecule has 3 aromatic rings. The largest absolute Gasteiger partial charge is 0.507 e. The highest BCUT2D eigenvalue weighted by Crippen LogP contribution is 2.14. The fourth-order valence-electron chi connectivity index (χ4n) is 2.33. The minimum absolute atomic E-state index is 0.00795. The minimum atomic E-state index is -0.797. The van der Waals surface area contributed by atoms with Crippen LogP contribution in [0.5, 0.6) is 11.5 Å². The molecule has 8 nitrogen and oxygen atoms in total. The molecular formula is C22H16N2O6. The molecule has 0 radical (unpaired) electrons. The summed E-state index contributed by atoms with van der Waals surface area (Å²) in [5.74, 6) is -1.61. The maximum absolute atomic E-state index is 12.1. The first kappa shape index (κ1) is 20.3. The zero-order chi connectivity index (χ0) is 21.3. The standard InChI is InChI=1S/C22H16N2O6/c25-19-10-3-1-6-17(19)13-23-29-21(27)15-8-5-9-16(12-15)22(28)30-24-14-18-7-2-4-11-20(18)26/h1-14,25-26H/b23-13+,24-14+. The summed E-state index contributed by atoms with van der Waals surface area (Å²) in [4.78, 5) is 33.8. The Morgan fingerprint density at radius 2 is 1.10 bits per heavy atom. The lowest BCUT2D eigenvalue weighted by Gasteiger charge is -2.02. The Balaban J connectivity index is 1.62. The molecule has 0 aliphatic carbocycles. The molecule has 0 atom stereocenters. The number of carbonyl (C=O) groups excluding carboxylic acids is 2. The highest BCUT2D eigenvalue weighted by atomic mass is 16.7. The lowest BCUT2D eigenvalue weighted by molar-refractivity contribution is 0.0517. The third kappa shape index (κ3) is 5.29. The van der Waals surface area contributed by atoms with Crippen LogP contribution in [0.3, 0.4) is 0 Å². The first-order chi connectivity index (χ1) is 14.5. The zero-order valence-electron chi connectivity index (χ0n) is 15.5. The van der Waals surface area contributed by atoms with Crippen LogP contribution in [0.2, 0.25) is 0 Å². The number of benzene rings is 3. The maximum Gasteiger partial charge on any atom is 0.365 e. The van der Waals surface area contributed by atoms with Crippen LogP contribution in [0.25, 0.3) is 0 Å². The van der Waals surface area contributed by atoms with Crippen LogP contribution in [0.4, 0.5) is 0 Å². The van der Waals surface area contributed by atoms with Gasteiger partial charge in [0.1, 0.15) is 11.5 Å². The SMILES string of the molecule is O=C(O/N=C/c1ccccc1O)c1cccc(C(=O)O/N=C/c2ccccc2O)c1. The van der Waals surface area contributed by atoms with E-state index in [1.54, 1.807) is 36.4 Å². The van der Waals surface area contributed by atoms with Gasteiger partial charge in [0, 0.05) is 11.1 Å². The van der Waals surface area contributed by atoms with Crippen molar-refractivity contribution in [2.75, 3.05) is 0 Å². The summed E-state index contributed by atoms with van der Waals surface area (Å²) in [5.41, 5.74) is 0.905. The average molecular weight is 404 g/mol. The molecule has 0 aromatic heterocycles. The van der Waals surface area contributed by atoms with Gasteiger partial charge in [0.2, 0.25) is 0 Å². The highest BCUT2D eigenvalue weighted by molar-refractivity contribution is 5.96. The molecule has 3 rings (SSSR count). The van der Waals surface area contributed by atoms with E-state index in [4.69, 9.17) is 9.68 Å². The van der Waals surface area contributed by atoms with E-state index in [0.29, 0.717) is 11.1 Å². The minimum Gasteiger partial charge on any atom is -0.507 e. The lowest BCUT2D eigenvalue weighted by atomic mass is 10.1. The van der Waals surface area contributed by atoms with Gasteiger partial charge in [-0.3, -0.25) is 0 Å². The van der Waals surface area contributed by atoms with Crippen molar-refractivity contribution in [2.24, 2.45) is 10.3 Å². The van der Waals surface area contributed by atoms with Crippen molar-refractivity contribution in [1.82, 2.24) is 0 Å². The first-order valence-corrected chi connectivity index (χ1v) is 8.70. The number of hydrogen-bond donors (Lipinski definition) is 2. The summed E-state index contributed by atoms with van der Waals surface area (Å²) in [6, 6.07) is 18.5. The number of phenolic OH excluding ortho intramolecular Hbond substituents is 2. The quantitative estimate of drug-likeness (QED) is 0.369. The van der Waals surface area contributed by atoms with Crippen LogP contribution < -0.4 is 0 Å². The summed E-state index contributed by atoms with van der Waals surface area (Å²) >= 11 is 0. The third-order valence-electron chi connectivity index (χ3n) is 3.86. The lowest BCUT2D eigenvalue weighted by Crippen LogP contribution is -2.06. The molecule has 150 valence electrons. The molecule has 8 heteroatoms. The Bertz CT molecular complexity index is 1040. The van der Waals surface area contributed by atoms with Crippen molar-refractivity contribution in [2.45, 2.75) is 0 Å². The van der Waals surface area contributed by atoms with Gasteiger partial charge < -0.3 is 19.9 Å². The fourth-order valence-corrected chi connectivity index (χ4v) is 2.33. The van der Waals surface area contributed by atoms with Crippen molar-refractivity contribution in [3.63, 3.8) is 0 Å². The van der Waals surface area contributed by atoms with Gasteiger partial charge in [0.25, 0.3) is 0 Å².